The molecule has 0 aromatic carbocycles. The van der Waals surface area contributed by atoms with Crippen molar-refractivity contribution in [1.82, 2.24) is 4.98 Å². The van der Waals surface area contributed by atoms with Gasteiger partial charge in [-0.1, -0.05) is 0 Å². The molecular weight excluding hydrogens is 263 g/mol. The minimum atomic E-state index is -4.48. The van der Waals surface area contributed by atoms with E-state index in [1.807, 2.05) is 0 Å². The second kappa shape index (κ2) is 5.77. The lowest BCUT2D eigenvalue weighted by Gasteiger charge is -2.16. The van der Waals surface area contributed by atoms with E-state index < -0.39 is 17.7 Å². The number of esters is 1. The van der Waals surface area contributed by atoms with Crippen molar-refractivity contribution in [3.8, 4) is 0 Å². The fraction of sp³-hybridized carbons (Fsp3) is 0.455. The first kappa shape index (κ1) is 15.1. The van der Waals surface area contributed by atoms with Crippen molar-refractivity contribution in [3.05, 3.63) is 17.8 Å². The summed E-state index contributed by atoms with van der Waals surface area (Å²) in [5.41, 5.74) is 4.46. The molecule has 1 rings (SSSR count). The van der Waals surface area contributed by atoms with Crippen LogP contribution in [0.25, 0.3) is 0 Å². The topological polar surface area (TPSA) is 77.2 Å². The van der Waals surface area contributed by atoms with E-state index in [0.717, 1.165) is 6.07 Å². The van der Waals surface area contributed by atoms with E-state index in [4.69, 9.17) is 10.5 Å². The van der Waals surface area contributed by atoms with Gasteiger partial charge in [-0.3, -0.25) is 4.79 Å². The number of hydrogen-bond donors (Lipinski definition) is 2. The molecule has 8 heteroatoms. The van der Waals surface area contributed by atoms with Crippen LogP contribution in [0.5, 0.6) is 0 Å². The van der Waals surface area contributed by atoms with E-state index in [9.17, 15) is 18.0 Å². The molecule has 1 aromatic heterocycles. The fourth-order valence-corrected chi connectivity index (χ4v) is 1.27. The number of ether oxygens (including phenoxy) is 1. The zero-order chi connectivity index (χ0) is 14.6. The number of hydrogen-bond acceptors (Lipinski definition) is 5. The van der Waals surface area contributed by atoms with E-state index in [1.54, 1.807) is 6.92 Å². The van der Waals surface area contributed by atoms with Crippen LogP contribution < -0.4 is 11.1 Å². The smallest absolute Gasteiger partial charge is 0.417 e. The number of carbonyl (C=O) groups excluding carboxylic acids is 1. The fourth-order valence-electron chi connectivity index (χ4n) is 1.27. The van der Waals surface area contributed by atoms with E-state index in [2.05, 4.69) is 10.3 Å². The minimum Gasteiger partial charge on any atom is -0.464 e. The number of carbonyl (C=O) groups is 1. The van der Waals surface area contributed by atoms with Crippen molar-refractivity contribution < 1.29 is 22.7 Å². The number of nitrogens with one attached hydrogen (secondary N) is 1. The van der Waals surface area contributed by atoms with Crippen LogP contribution in [0.1, 0.15) is 19.4 Å². The molecule has 0 saturated heterocycles. The van der Waals surface area contributed by atoms with Crippen molar-refractivity contribution in [2.24, 2.45) is 0 Å². The van der Waals surface area contributed by atoms with Crippen LogP contribution in [0.4, 0.5) is 24.7 Å². The molecule has 0 saturated carbocycles. The molecule has 0 aliphatic carbocycles. The third-order valence-corrected chi connectivity index (χ3v) is 2.16. The molecule has 0 aliphatic rings. The highest BCUT2D eigenvalue weighted by molar-refractivity contribution is 5.66. The summed E-state index contributed by atoms with van der Waals surface area (Å²) in [6, 6.07) is 0.476. The molecule has 1 atom stereocenters. The summed E-state index contributed by atoms with van der Waals surface area (Å²) < 4.78 is 41.9. The summed E-state index contributed by atoms with van der Waals surface area (Å²) in [7, 11) is 0. The zero-order valence-corrected chi connectivity index (χ0v) is 10.4. The maximum atomic E-state index is 12.4. The predicted octanol–water partition coefficient (Wildman–Crippen LogP) is 2.05. The lowest BCUT2D eigenvalue weighted by atomic mass is 10.2. The minimum absolute atomic E-state index is 0.0669. The van der Waals surface area contributed by atoms with Crippen LogP contribution >= 0.6 is 0 Å². The monoisotopic (exact) mass is 277 g/mol. The highest BCUT2D eigenvalue weighted by Crippen LogP contribution is 2.31. The molecule has 1 aromatic rings. The van der Waals surface area contributed by atoms with Gasteiger partial charge in [-0.15, -0.1) is 0 Å². The standard InChI is InChI=1S/C11H14F3N3O2/c1-6(5-19-7(2)18)17-10-9(15)3-8(4-16-10)11(12,13)14/h3-4,6H,5,15H2,1-2H3,(H,16,17). The number of halogens is 3. The number of anilines is 2. The molecule has 0 fully saturated rings. The summed E-state index contributed by atoms with van der Waals surface area (Å²) in [6.07, 6.45) is -3.79. The van der Waals surface area contributed by atoms with Crippen molar-refractivity contribution in [2.75, 3.05) is 17.7 Å². The normalized spacial score (nSPS) is 12.9. The first-order valence-electron chi connectivity index (χ1n) is 5.42. The highest BCUT2D eigenvalue weighted by atomic mass is 19.4. The lowest BCUT2D eigenvalue weighted by Crippen LogP contribution is -2.24. The summed E-state index contributed by atoms with van der Waals surface area (Å²) in [5.74, 6) is -0.324. The highest BCUT2D eigenvalue weighted by Gasteiger charge is 2.31. The molecule has 5 nitrogen and oxygen atoms in total. The summed E-state index contributed by atoms with van der Waals surface area (Å²) >= 11 is 0. The van der Waals surface area contributed by atoms with Crippen molar-refractivity contribution in [1.29, 1.82) is 0 Å². The number of alkyl halides is 3. The molecule has 1 unspecified atom stereocenters. The number of pyridine rings is 1. The van der Waals surface area contributed by atoms with E-state index in [-0.39, 0.29) is 24.2 Å². The molecule has 3 N–H and O–H groups in total. The third-order valence-electron chi connectivity index (χ3n) is 2.16. The Morgan fingerprint density at radius 2 is 2.21 bits per heavy atom. The first-order valence-corrected chi connectivity index (χ1v) is 5.42. The van der Waals surface area contributed by atoms with E-state index >= 15 is 0 Å². The molecule has 19 heavy (non-hydrogen) atoms. The van der Waals surface area contributed by atoms with Crippen LogP contribution in [0.3, 0.4) is 0 Å². The van der Waals surface area contributed by atoms with Gasteiger partial charge >= 0.3 is 12.1 Å². The SMILES string of the molecule is CC(=O)OCC(C)Nc1ncc(C(F)(F)F)cc1N. The quantitative estimate of drug-likeness (QED) is 0.824. The Labute approximate surface area is 108 Å². The maximum absolute atomic E-state index is 12.4. The molecular formula is C11H14F3N3O2. The largest absolute Gasteiger partial charge is 0.464 e. The van der Waals surface area contributed by atoms with Crippen LogP contribution in [0, 0.1) is 0 Å². The van der Waals surface area contributed by atoms with Gasteiger partial charge in [0.15, 0.2) is 0 Å². The third kappa shape index (κ3) is 4.65. The van der Waals surface area contributed by atoms with Gasteiger partial charge in [0.1, 0.15) is 12.4 Å². The number of nitrogen functional groups attached to an aromatic ring is 1. The van der Waals surface area contributed by atoms with Gasteiger partial charge in [-0.25, -0.2) is 4.98 Å². The molecule has 0 aliphatic heterocycles. The average molecular weight is 277 g/mol. The summed E-state index contributed by atoms with van der Waals surface area (Å²) in [5, 5.41) is 2.76. The molecule has 0 bridgehead atoms. The van der Waals surface area contributed by atoms with Gasteiger partial charge in [0.05, 0.1) is 17.3 Å². The Bertz CT molecular complexity index is 463. The van der Waals surface area contributed by atoms with Crippen molar-refractivity contribution in [2.45, 2.75) is 26.1 Å². The lowest BCUT2D eigenvalue weighted by molar-refractivity contribution is -0.141. The van der Waals surface area contributed by atoms with Crippen molar-refractivity contribution >= 4 is 17.5 Å². The average Bonchev–Trinajstić information content (AvgIpc) is 2.27. The van der Waals surface area contributed by atoms with Gasteiger partial charge in [0.2, 0.25) is 0 Å². The van der Waals surface area contributed by atoms with Gasteiger partial charge < -0.3 is 15.8 Å². The Balaban J connectivity index is 2.72. The molecule has 0 spiro atoms. The number of rotatable bonds is 4. The first-order chi connectivity index (χ1) is 8.70. The van der Waals surface area contributed by atoms with Gasteiger partial charge in [-0.05, 0) is 13.0 Å². The molecule has 106 valence electrons. The van der Waals surface area contributed by atoms with Crippen LogP contribution in [-0.2, 0) is 15.7 Å². The second-order valence-electron chi connectivity index (χ2n) is 4.01. The Morgan fingerprint density at radius 3 is 2.68 bits per heavy atom. The molecule has 0 amide bonds. The van der Waals surface area contributed by atoms with E-state index in [1.165, 1.54) is 6.92 Å². The molecule has 1 heterocycles. The maximum Gasteiger partial charge on any atom is 0.417 e. The van der Waals surface area contributed by atoms with Crippen LogP contribution in [0.15, 0.2) is 12.3 Å². The summed E-state index contributed by atoms with van der Waals surface area (Å²) in [4.78, 5) is 14.2. The number of nitrogens with zero attached hydrogens (tertiary/aromatic N) is 1. The van der Waals surface area contributed by atoms with Gasteiger partial charge in [0.25, 0.3) is 0 Å². The Kier molecular flexibility index (Phi) is 4.57. The van der Waals surface area contributed by atoms with Crippen molar-refractivity contribution in [3.63, 3.8) is 0 Å². The zero-order valence-electron chi connectivity index (χ0n) is 10.4. The van der Waals surface area contributed by atoms with Gasteiger partial charge in [-0.2, -0.15) is 13.2 Å². The Hall–Kier alpha value is -1.99. The molecule has 0 radical (unpaired) electrons. The Morgan fingerprint density at radius 1 is 1.58 bits per heavy atom. The van der Waals surface area contributed by atoms with Crippen LogP contribution in [0.2, 0.25) is 0 Å². The van der Waals surface area contributed by atoms with Gasteiger partial charge in [0, 0.05) is 13.1 Å². The predicted molar refractivity (Wildman–Crippen MR) is 63.4 cm³/mol. The second-order valence-corrected chi connectivity index (χ2v) is 4.01. The number of nitrogens with two attached hydrogens (primary N) is 1. The number of aromatic nitrogens is 1. The summed E-state index contributed by atoms with van der Waals surface area (Å²) in [6.45, 7) is 3.01. The van der Waals surface area contributed by atoms with E-state index in [0.29, 0.717) is 6.20 Å². The van der Waals surface area contributed by atoms with Crippen LogP contribution in [-0.4, -0.2) is 23.6 Å².